The minimum absolute atomic E-state index is 0.187. The van der Waals surface area contributed by atoms with E-state index in [0.29, 0.717) is 0 Å². The van der Waals surface area contributed by atoms with Gasteiger partial charge in [-0.2, -0.15) is 15.6 Å². The molecule has 0 aliphatic carbocycles. The van der Waals surface area contributed by atoms with Gasteiger partial charge in [-0.15, -0.1) is 0 Å². The van der Waals surface area contributed by atoms with Gasteiger partial charge in [-0.25, -0.2) is 0 Å². The second kappa shape index (κ2) is 4.78. The number of nitrogens with one attached hydrogen (secondary N) is 1. The van der Waals surface area contributed by atoms with Crippen molar-refractivity contribution >= 4 is 11.4 Å². The minimum atomic E-state index is -0.187. The van der Waals surface area contributed by atoms with Crippen molar-refractivity contribution in [3.63, 3.8) is 0 Å². The number of nitrogens with zero attached hydrogens (tertiary/aromatic N) is 3. The Labute approximate surface area is 88.5 Å². The zero-order chi connectivity index (χ0) is 11.3. The normalized spacial score (nSPS) is 8.53. The molecule has 0 amide bonds. The SMILES string of the molecule is Cc1ccc(NN=C(C#N)C#N)cc1C. The fraction of sp³-hybridized carbons (Fsp3) is 0.182. The summed E-state index contributed by atoms with van der Waals surface area (Å²) in [4.78, 5) is 0. The van der Waals surface area contributed by atoms with Crippen molar-refractivity contribution in [2.45, 2.75) is 13.8 Å². The number of aryl methyl sites for hydroxylation is 2. The molecule has 0 unspecified atom stereocenters. The largest absolute Gasteiger partial charge is 0.277 e. The Kier molecular flexibility index (Phi) is 3.43. The Morgan fingerprint density at radius 1 is 1.20 bits per heavy atom. The van der Waals surface area contributed by atoms with Gasteiger partial charge in [0.25, 0.3) is 0 Å². The summed E-state index contributed by atoms with van der Waals surface area (Å²) in [5.41, 5.74) is 5.55. The lowest BCUT2D eigenvalue weighted by molar-refractivity contribution is 1.29. The first-order valence-electron chi connectivity index (χ1n) is 4.38. The van der Waals surface area contributed by atoms with Crippen molar-refractivity contribution in [3.05, 3.63) is 29.3 Å². The summed E-state index contributed by atoms with van der Waals surface area (Å²) in [6.45, 7) is 4.00. The van der Waals surface area contributed by atoms with Crippen LogP contribution in [0.25, 0.3) is 0 Å². The summed E-state index contributed by atoms with van der Waals surface area (Å²) in [7, 11) is 0. The average molecular weight is 198 g/mol. The van der Waals surface area contributed by atoms with Gasteiger partial charge in [-0.1, -0.05) is 6.07 Å². The third kappa shape index (κ3) is 2.82. The van der Waals surface area contributed by atoms with Crippen LogP contribution >= 0.6 is 0 Å². The Morgan fingerprint density at radius 3 is 2.40 bits per heavy atom. The number of hydrazone groups is 1. The van der Waals surface area contributed by atoms with Gasteiger partial charge in [-0.3, -0.25) is 5.43 Å². The van der Waals surface area contributed by atoms with Crippen molar-refractivity contribution in [2.75, 3.05) is 5.43 Å². The molecular formula is C11H10N4. The van der Waals surface area contributed by atoms with Gasteiger partial charge in [0.05, 0.1) is 5.69 Å². The highest BCUT2D eigenvalue weighted by Crippen LogP contribution is 2.13. The second-order valence-corrected chi connectivity index (χ2v) is 3.09. The van der Waals surface area contributed by atoms with Crippen molar-refractivity contribution in [1.82, 2.24) is 0 Å². The van der Waals surface area contributed by atoms with E-state index in [4.69, 9.17) is 10.5 Å². The Bertz CT molecular complexity index is 458. The molecule has 0 bridgehead atoms. The maximum Gasteiger partial charge on any atom is 0.237 e. The number of anilines is 1. The molecular weight excluding hydrogens is 188 g/mol. The Morgan fingerprint density at radius 2 is 1.87 bits per heavy atom. The summed E-state index contributed by atoms with van der Waals surface area (Å²) >= 11 is 0. The molecule has 0 aromatic heterocycles. The second-order valence-electron chi connectivity index (χ2n) is 3.09. The van der Waals surface area contributed by atoms with Gasteiger partial charge >= 0.3 is 0 Å². The van der Waals surface area contributed by atoms with Crippen LogP contribution in [0, 0.1) is 36.5 Å². The quantitative estimate of drug-likeness (QED) is 0.584. The summed E-state index contributed by atoms with van der Waals surface area (Å²) < 4.78 is 0. The number of hydrogen-bond donors (Lipinski definition) is 1. The fourth-order valence-corrected chi connectivity index (χ4v) is 1.01. The van der Waals surface area contributed by atoms with Crippen LogP contribution in [0.4, 0.5) is 5.69 Å². The van der Waals surface area contributed by atoms with E-state index in [1.54, 1.807) is 12.1 Å². The topological polar surface area (TPSA) is 72.0 Å². The lowest BCUT2D eigenvalue weighted by Gasteiger charge is -2.03. The van der Waals surface area contributed by atoms with E-state index >= 15 is 0 Å². The zero-order valence-electron chi connectivity index (χ0n) is 8.57. The van der Waals surface area contributed by atoms with Crippen molar-refractivity contribution in [1.29, 1.82) is 10.5 Å². The highest BCUT2D eigenvalue weighted by molar-refractivity contribution is 6.10. The van der Waals surface area contributed by atoms with Crippen LogP contribution in [-0.2, 0) is 0 Å². The molecule has 0 fully saturated rings. The first-order valence-corrected chi connectivity index (χ1v) is 4.38. The molecule has 0 aliphatic rings. The smallest absolute Gasteiger partial charge is 0.237 e. The highest BCUT2D eigenvalue weighted by Gasteiger charge is 1.96. The summed E-state index contributed by atoms with van der Waals surface area (Å²) in [6.07, 6.45) is 0. The van der Waals surface area contributed by atoms with Gasteiger partial charge in [0.2, 0.25) is 5.71 Å². The minimum Gasteiger partial charge on any atom is -0.277 e. The fourth-order valence-electron chi connectivity index (χ4n) is 1.01. The van der Waals surface area contributed by atoms with Crippen molar-refractivity contribution < 1.29 is 0 Å². The van der Waals surface area contributed by atoms with E-state index in [1.807, 2.05) is 32.0 Å². The van der Waals surface area contributed by atoms with E-state index in [9.17, 15) is 0 Å². The maximum atomic E-state index is 8.46. The summed E-state index contributed by atoms with van der Waals surface area (Å²) in [6, 6.07) is 9.05. The molecule has 1 aromatic carbocycles. The van der Waals surface area contributed by atoms with Gasteiger partial charge in [-0.05, 0) is 37.1 Å². The van der Waals surface area contributed by atoms with Crippen LogP contribution in [0.1, 0.15) is 11.1 Å². The Hall–Kier alpha value is -2.33. The van der Waals surface area contributed by atoms with Gasteiger partial charge in [0.1, 0.15) is 12.1 Å². The van der Waals surface area contributed by atoms with Crippen LogP contribution in [-0.4, -0.2) is 5.71 Å². The number of rotatable bonds is 2. The van der Waals surface area contributed by atoms with Crippen molar-refractivity contribution in [3.8, 4) is 12.1 Å². The summed E-state index contributed by atoms with van der Waals surface area (Å²) in [5.74, 6) is 0. The van der Waals surface area contributed by atoms with Crippen LogP contribution in [0.5, 0.6) is 0 Å². The third-order valence-electron chi connectivity index (χ3n) is 2.02. The molecule has 0 spiro atoms. The number of benzene rings is 1. The molecule has 0 radical (unpaired) electrons. The number of nitriles is 2. The van der Waals surface area contributed by atoms with Gasteiger partial charge < -0.3 is 0 Å². The molecule has 15 heavy (non-hydrogen) atoms. The van der Waals surface area contributed by atoms with Crippen molar-refractivity contribution in [2.24, 2.45) is 5.10 Å². The van der Waals surface area contributed by atoms with Crippen LogP contribution in [0.15, 0.2) is 23.3 Å². The Balaban J connectivity index is 2.84. The first kappa shape index (κ1) is 10.7. The van der Waals surface area contributed by atoms with E-state index in [1.165, 1.54) is 5.56 Å². The zero-order valence-corrected chi connectivity index (χ0v) is 8.57. The van der Waals surface area contributed by atoms with Gasteiger partial charge in [0.15, 0.2) is 0 Å². The predicted molar refractivity (Wildman–Crippen MR) is 58.2 cm³/mol. The molecule has 1 aromatic rings. The molecule has 0 saturated carbocycles. The van der Waals surface area contributed by atoms with Gasteiger partial charge in [0, 0.05) is 0 Å². The summed E-state index contributed by atoms with van der Waals surface area (Å²) in [5, 5.41) is 20.6. The first-order chi connectivity index (χ1) is 7.17. The van der Waals surface area contributed by atoms with E-state index in [-0.39, 0.29) is 5.71 Å². The molecule has 0 atom stereocenters. The monoisotopic (exact) mass is 198 g/mol. The average Bonchev–Trinajstić information content (AvgIpc) is 2.24. The maximum absolute atomic E-state index is 8.46. The molecule has 0 saturated heterocycles. The van der Waals surface area contributed by atoms with E-state index in [0.717, 1.165) is 11.3 Å². The molecule has 4 heteroatoms. The lowest BCUT2D eigenvalue weighted by atomic mass is 10.1. The molecule has 0 heterocycles. The van der Waals surface area contributed by atoms with Crippen LogP contribution < -0.4 is 5.43 Å². The molecule has 74 valence electrons. The third-order valence-corrected chi connectivity index (χ3v) is 2.02. The molecule has 0 aliphatic heterocycles. The van der Waals surface area contributed by atoms with Crippen LogP contribution in [0.3, 0.4) is 0 Å². The molecule has 1 rings (SSSR count). The lowest BCUT2D eigenvalue weighted by Crippen LogP contribution is -1.96. The van der Waals surface area contributed by atoms with Crippen LogP contribution in [0.2, 0.25) is 0 Å². The molecule has 1 N–H and O–H groups in total. The molecule has 4 nitrogen and oxygen atoms in total. The van der Waals surface area contributed by atoms with E-state index < -0.39 is 0 Å². The number of hydrogen-bond acceptors (Lipinski definition) is 4. The predicted octanol–water partition coefficient (Wildman–Crippen LogP) is 2.12. The van der Waals surface area contributed by atoms with E-state index in [2.05, 4.69) is 10.5 Å². The highest BCUT2D eigenvalue weighted by atomic mass is 15.3. The standard InChI is InChI=1S/C11H10N4/c1-8-3-4-10(5-9(8)2)14-15-11(6-12)7-13/h3-5,14H,1-2H3.